The topological polar surface area (TPSA) is 66.6 Å². The minimum Gasteiger partial charge on any atom is -0.393 e. The Bertz CT molecular complexity index is 451. The monoisotopic (exact) mass is 302 g/mol. The number of hydrogen-bond donors (Lipinski definition) is 2. The van der Waals surface area contributed by atoms with Crippen molar-refractivity contribution in [2.45, 2.75) is 31.4 Å². The Kier molecular flexibility index (Phi) is 6.39. The van der Waals surface area contributed by atoms with Gasteiger partial charge in [0.25, 0.3) is 0 Å². The van der Waals surface area contributed by atoms with Gasteiger partial charge in [0, 0.05) is 13.1 Å². The molecule has 1 aromatic rings. The molecule has 1 fully saturated rings. The first kappa shape index (κ1) is 16.9. The van der Waals surface area contributed by atoms with Gasteiger partial charge in [0.2, 0.25) is 5.91 Å². The molecule has 1 atom stereocenters. The van der Waals surface area contributed by atoms with Crippen molar-refractivity contribution in [1.82, 2.24) is 4.90 Å². The van der Waals surface area contributed by atoms with Gasteiger partial charge in [-0.15, -0.1) is 12.4 Å². The number of halogens is 2. The largest absolute Gasteiger partial charge is 0.393 e. The number of nitrogens with two attached hydrogens (primary N) is 1. The number of aliphatic hydroxyl groups is 1. The van der Waals surface area contributed by atoms with Crippen LogP contribution >= 0.6 is 12.4 Å². The molecule has 1 saturated heterocycles. The molecule has 1 heterocycles. The Morgan fingerprint density at radius 2 is 2.00 bits per heavy atom. The van der Waals surface area contributed by atoms with Crippen molar-refractivity contribution in [3.63, 3.8) is 0 Å². The lowest BCUT2D eigenvalue weighted by molar-refractivity contribution is -0.134. The van der Waals surface area contributed by atoms with E-state index in [1.807, 2.05) is 0 Å². The molecule has 1 aliphatic rings. The molecule has 3 N–H and O–H groups in total. The lowest BCUT2D eigenvalue weighted by atomic mass is 10.0. The maximum absolute atomic E-state index is 13.5. The summed E-state index contributed by atoms with van der Waals surface area (Å²) in [5.74, 6) is -0.505. The number of rotatable bonds is 3. The van der Waals surface area contributed by atoms with Crippen LogP contribution in [0.25, 0.3) is 0 Å². The van der Waals surface area contributed by atoms with Crippen molar-refractivity contribution >= 4 is 18.3 Å². The second-order valence-electron chi connectivity index (χ2n) is 4.96. The quantitative estimate of drug-likeness (QED) is 0.879. The normalized spacial score (nSPS) is 17.4. The lowest BCUT2D eigenvalue weighted by Gasteiger charge is -2.31. The first-order valence-electron chi connectivity index (χ1n) is 6.54. The Morgan fingerprint density at radius 3 is 2.60 bits per heavy atom. The molecule has 0 unspecified atom stereocenters. The molecule has 1 aliphatic heterocycles. The summed E-state index contributed by atoms with van der Waals surface area (Å²) >= 11 is 0. The van der Waals surface area contributed by atoms with Gasteiger partial charge < -0.3 is 15.7 Å². The van der Waals surface area contributed by atoms with Crippen molar-refractivity contribution in [3.8, 4) is 0 Å². The highest BCUT2D eigenvalue weighted by Gasteiger charge is 2.25. The molecular weight excluding hydrogens is 283 g/mol. The summed E-state index contributed by atoms with van der Waals surface area (Å²) in [4.78, 5) is 13.8. The fourth-order valence-corrected chi connectivity index (χ4v) is 2.31. The minimum absolute atomic E-state index is 0. The molecule has 2 rings (SSSR count). The highest BCUT2D eigenvalue weighted by Crippen LogP contribution is 2.13. The number of likely N-dealkylation sites (tertiary alicyclic amines) is 1. The van der Waals surface area contributed by atoms with Crippen LogP contribution in [-0.4, -0.2) is 41.1 Å². The number of carbonyl (C=O) groups is 1. The van der Waals surface area contributed by atoms with E-state index >= 15 is 0 Å². The summed E-state index contributed by atoms with van der Waals surface area (Å²) in [7, 11) is 0. The Hall–Kier alpha value is -1.17. The number of nitrogens with zero attached hydrogens (tertiary/aromatic N) is 1. The Labute approximate surface area is 124 Å². The van der Waals surface area contributed by atoms with E-state index in [-0.39, 0.29) is 36.7 Å². The molecular formula is C14H20ClFN2O2. The SMILES string of the molecule is Cl.N[C@@H](Cc1ccccc1F)C(=O)N1CCC(O)CC1. The van der Waals surface area contributed by atoms with Gasteiger partial charge in [0.1, 0.15) is 5.82 Å². The zero-order valence-electron chi connectivity index (χ0n) is 11.2. The fourth-order valence-electron chi connectivity index (χ4n) is 2.31. The van der Waals surface area contributed by atoms with Crippen molar-refractivity contribution in [2.24, 2.45) is 5.73 Å². The standard InChI is InChI=1S/C14H19FN2O2.ClH/c15-12-4-2-1-3-10(12)9-13(16)14(19)17-7-5-11(18)6-8-17;/h1-4,11,13,18H,5-9,16H2;1H/t13-;/m0./s1. The van der Waals surface area contributed by atoms with Crippen molar-refractivity contribution < 1.29 is 14.3 Å². The third-order valence-electron chi connectivity index (χ3n) is 3.49. The highest BCUT2D eigenvalue weighted by atomic mass is 35.5. The smallest absolute Gasteiger partial charge is 0.239 e. The van der Waals surface area contributed by atoms with E-state index in [4.69, 9.17) is 5.73 Å². The van der Waals surface area contributed by atoms with Crippen LogP contribution in [0.5, 0.6) is 0 Å². The van der Waals surface area contributed by atoms with E-state index in [9.17, 15) is 14.3 Å². The van der Waals surface area contributed by atoms with Crippen LogP contribution in [0, 0.1) is 5.82 Å². The number of carbonyl (C=O) groups excluding carboxylic acids is 1. The second-order valence-corrected chi connectivity index (χ2v) is 4.96. The van der Waals surface area contributed by atoms with Gasteiger partial charge in [0.05, 0.1) is 12.1 Å². The van der Waals surface area contributed by atoms with Crippen LogP contribution in [0.1, 0.15) is 18.4 Å². The summed E-state index contributed by atoms with van der Waals surface area (Å²) in [6.45, 7) is 1.04. The number of piperidine rings is 1. The number of hydrogen-bond acceptors (Lipinski definition) is 3. The van der Waals surface area contributed by atoms with E-state index in [1.54, 1.807) is 23.1 Å². The molecule has 1 aromatic carbocycles. The summed E-state index contributed by atoms with van der Waals surface area (Å²) in [5, 5.41) is 9.40. The molecule has 20 heavy (non-hydrogen) atoms. The number of amides is 1. The van der Waals surface area contributed by atoms with E-state index in [1.165, 1.54) is 6.07 Å². The van der Waals surface area contributed by atoms with Gasteiger partial charge in [-0.25, -0.2) is 4.39 Å². The molecule has 1 amide bonds. The summed E-state index contributed by atoms with van der Waals surface area (Å²) in [6, 6.07) is 5.62. The Morgan fingerprint density at radius 1 is 1.40 bits per heavy atom. The van der Waals surface area contributed by atoms with Gasteiger partial charge >= 0.3 is 0 Å². The predicted octanol–water partition coefficient (Wildman–Crippen LogP) is 1.10. The third-order valence-corrected chi connectivity index (χ3v) is 3.49. The van der Waals surface area contributed by atoms with Crippen LogP contribution in [0.4, 0.5) is 4.39 Å². The molecule has 0 aliphatic carbocycles. The lowest BCUT2D eigenvalue weighted by Crippen LogP contribution is -2.48. The minimum atomic E-state index is -0.729. The molecule has 0 saturated carbocycles. The van der Waals surface area contributed by atoms with Gasteiger partial charge in [-0.05, 0) is 30.9 Å². The second kappa shape index (κ2) is 7.57. The third kappa shape index (κ3) is 4.16. The fraction of sp³-hybridized carbons (Fsp3) is 0.500. The van der Waals surface area contributed by atoms with Crippen LogP contribution in [0.3, 0.4) is 0 Å². The zero-order valence-corrected chi connectivity index (χ0v) is 12.0. The van der Waals surface area contributed by atoms with Crippen LogP contribution in [0.2, 0.25) is 0 Å². The average molecular weight is 303 g/mol. The first-order valence-corrected chi connectivity index (χ1v) is 6.54. The average Bonchev–Trinajstić information content (AvgIpc) is 2.41. The molecule has 0 radical (unpaired) electrons. The van der Waals surface area contributed by atoms with Gasteiger partial charge in [0.15, 0.2) is 0 Å². The first-order chi connectivity index (χ1) is 9.08. The predicted molar refractivity (Wildman–Crippen MR) is 77.1 cm³/mol. The van der Waals surface area contributed by atoms with Crippen molar-refractivity contribution in [2.75, 3.05) is 13.1 Å². The van der Waals surface area contributed by atoms with E-state index in [2.05, 4.69) is 0 Å². The van der Waals surface area contributed by atoms with Crippen LogP contribution in [-0.2, 0) is 11.2 Å². The molecule has 0 spiro atoms. The van der Waals surface area contributed by atoms with Crippen molar-refractivity contribution in [3.05, 3.63) is 35.6 Å². The highest BCUT2D eigenvalue weighted by molar-refractivity contribution is 5.85. The van der Waals surface area contributed by atoms with Crippen LogP contribution < -0.4 is 5.73 Å². The number of aliphatic hydroxyl groups excluding tert-OH is 1. The van der Waals surface area contributed by atoms with Gasteiger partial charge in [-0.2, -0.15) is 0 Å². The summed E-state index contributed by atoms with van der Waals surface area (Å²) in [6.07, 6.45) is 1.03. The van der Waals surface area contributed by atoms with Crippen molar-refractivity contribution in [1.29, 1.82) is 0 Å². The maximum atomic E-state index is 13.5. The summed E-state index contributed by atoms with van der Waals surface area (Å²) < 4.78 is 13.5. The molecule has 4 nitrogen and oxygen atoms in total. The molecule has 112 valence electrons. The number of benzene rings is 1. The molecule has 0 aromatic heterocycles. The molecule has 0 bridgehead atoms. The van der Waals surface area contributed by atoms with Gasteiger partial charge in [-0.3, -0.25) is 4.79 Å². The Balaban J connectivity index is 0.00000200. The van der Waals surface area contributed by atoms with E-state index in [0.29, 0.717) is 31.5 Å². The van der Waals surface area contributed by atoms with Crippen LogP contribution in [0.15, 0.2) is 24.3 Å². The maximum Gasteiger partial charge on any atom is 0.239 e. The zero-order chi connectivity index (χ0) is 13.8. The van der Waals surface area contributed by atoms with Gasteiger partial charge in [-0.1, -0.05) is 18.2 Å². The molecule has 6 heteroatoms. The van der Waals surface area contributed by atoms with E-state index in [0.717, 1.165) is 0 Å². The van der Waals surface area contributed by atoms with E-state index < -0.39 is 6.04 Å². The summed E-state index contributed by atoms with van der Waals surface area (Å²) in [5.41, 5.74) is 6.32.